The van der Waals surface area contributed by atoms with Crippen LogP contribution in [0.4, 0.5) is 5.13 Å². The molecule has 0 bridgehead atoms. The molecule has 8 nitrogen and oxygen atoms in total. The molecule has 2 aromatic heterocycles. The summed E-state index contributed by atoms with van der Waals surface area (Å²) in [6.45, 7) is 5.37. The fourth-order valence-corrected chi connectivity index (χ4v) is 3.08. The first kappa shape index (κ1) is 17.7. The Bertz CT molecular complexity index is 835. The van der Waals surface area contributed by atoms with Crippen LogP contribution in [0.1, 0.15) is 42.2 Å². The van der Waals surface area contributed by atoms with Crippen LogP contribution in [0.25, 0.3) is 0 Å². The van der Waals surface area contributed by atoms with Crippen LogP contribution in [-0.4, -0.2) is 40.2 Å². The Labute approximate surface area is 142 Å². The van der Waals surface area contributed by atoms with E-state index in [4.69, 9.17) is 11.6 Å². The average molecular weight is 376 g/mol. The van der Waals surface area contributed by atoms with E-state index >= 15 is 0 Å². The fourth-order valence-electron chi connectivity index (χ4n) is 1.46. The number of halogens is 1. The Morgan fingerprint density at radius 3 is 2.65 bits per heavy atom. The molecule has 1 N–H and O–H groups in total. The zero-order valence-electron chi connectivity index (χ0n) is 12.6. The molecule has 0 spiro atoms. The van der Waals surface area contributed by atoms with Gasteiger partial charge in [-0.2, -0.15) is 0 Å². The van der Waals surface area contributed by atoms with Crippen LogP contribution in [0.3, 0.4) is 0 Å². The molecule has 0 aliphatic rings. The van der Waals surface area contributed by atoms with Crippen molar-refractivity contribution in [3.8, 4) is 0 Å². The van der Waals surface area contributed by atoms with Crippen LogP contribution in [0, 0.1) is 0 Å². The Hall–Kier alpha value is -1.65. The lowest BCUT2D eigenvalue weighted by atomic mass is 10.2. The van der Waals surface area contributed by atoms with Crippen molar-refractivity contribution < 1.29 is 13.2 Å². The lowest BCUT2D eigenvalue weighted by Gasteiger charge is -2.05. The van der Waals surface area contributed by atoms with Crippen molar-refractivity contribution >= 4 is 43.8 Å². The van der Waals surface area contributed by atoms with Crippen molar-refractivity contribution in [2.45, 2.75) is 31.8 Å². The number of anilines is 1. The van der Waals surface area contributed by atoms with E-state index in [1.54, 1.807) is 0 Å². The second-order valence-corrected chi connectivity index (χ2v) is 8.40. The minimum absolute atomic E-state index is 0.0499. The Kier molecular flexibility index (Phi) is 5.27. The molecule has 23 heavy (non-hydrogen) atoms. The summed E-state index contributed by atoms with van der Waals surface area (Å²) in [6, 6.07) is 0. The van der Waals surface area contributed by atoms with Gasteiger partial charge in [0.05, 0.1) is 17.0 Å². The highest BCUT2D eigenvalue weighted by Crippen LogP contribution is 2.23. The van der Waals surface area contributed by atoms with Gasteiger partial charge in [0.15, 0.2) is 5.69 Å². The second kappa shape index (κ2) is 6.85. The van der Waals surface area contributed by atoms with Crippen molar-refractivity contribution in [2.75, 3.05) is 11.1 Å². The van der Waals surface area contributed by atoms with Gasteiger partial charge in [0.25, 0.3) is 5.91 Å². The lowest BCUT2D eigenvalue weighted by Crippen LogP contribution is -2.18. The molecule has 0 aliphatic heterocycles. The maximum atomic E-state index is 12.2. The third-order valence-corrected chi connectivity index (χ3v) is 5.68. The molecule has 1 amide bonds. The number of amides is 1. The molecular formula is C12H14ClN5O3S2. The molecule has 2 rings (SSSR count). The summed E-state index contributed by atoms with van der Waals surface area (Å²) in [5.41, 5.74) is -0.227. The third-order valence-electron chi connectivity index (χ3n) is 2.75. The van der Waals surface area contributed by atoms with E-state index in [-0.39, 0.29) is 27.5 Å². The third kappa shape index (κ3) is 4.01. The summed E-state index contributed by atoms with van der Waals surface area (Å²) >= 11 is 7.12. The smallest absolute Gasteiger partial charge is 0.277 e. The predicted molar refractivity (Wildman–Crippen MR) is 86.7 cm³/mol. The van der Waals surface area contributed by atoms with Crippen molar-refractivity contribution in [3.63, 3.8) is 0 Å². The molecule has 124 valence electrons. The van der Waals surface area contributed by atoms with Crippen LogP contribution in [-0.2, 0) is 9.84 Å². The van der Waals surface area contributed by atoms with Gasteiger partial charge in [-0.15, -0.1) is 10.2 Å². The highest BCUT2D eigenvalue weighted by molar-refractivity contribution is 7.91. The summed E-state index contributed by atoms with van der Waals surface area (Å²) in [5.74, 6) is -0.664. The fraction of sp³-hybridized carbons (Fsp3) is 0.417. The average Bonchev–Trinajstić information content (AvgIpc) is 2.96. The van der Waals surface area contributed by atoms with Crippen LogP contribution in [0.5, 0.6) is 0 Å². The van der Waals surface area contributed by atoms with Gasteiger partial charge in [-0.05, 0) is 0 Å². The lowest BCUT2D eigenvalue weighted by molar-refractivity contribution is 0.102. The zero-order valence-corrected chi connectivity index (χ0v) is 15.0. The number of hydrogen-bond acceptors (Lipinski definition) is 8. The van der Waals surface area contributed by atoms with E-state index in [1.807, 2.05) is 13.8 Å². The minimum Gasteiger partial charge on any atom is -0.295 e. The van der Waals surface area contributed by atoms with Crippen molar-refractivity contribution in [1.82, 2.24) is 20.2 Å². The number of nitrogens with one attached hydrogen (secondary N) is 1. The van der Waals surface area contributed by atoms with Gasteiger partial charge in [-0.25, -0.2) is 18.4 Å². The molecule has 0 radical (unpaired) electrons. The van der Waals surface area contributed by atoms with E-state index in [1.165, 1.54) is 18.3 Å². The Morgan fingerprint density at radius 1 is 1.39 bits per heavy atom. The molecule has 0 saturated heterocycles. The number of hydrogen-bond donors (Lipinski definition) is 1. The number of carbonyl (C=O) groups excluding carboxylic acids is 1. The Morgan fingerprint density at radius 2 is 2.09 bits per heavy atom. The first-order chi connectivity index (χ1) is 10.7. The largest absolute Gasteiger partial charge is 0.295 e. The van der Waals surface area contributed by atoms with E-state index in [2.05, 4.69) is 25.5 Å². The molecule has 2 aromatic rings. The first-order valence-corrected chi connectivity index (χ1v) is 9.49. The molecule has 2 heterocycles. The minimum atomic E-state index is -3.64. The quantitative estimate of drug-likeness (QED) is 0.796. The molecular weight excluding hydrogens is 362 g/mol. The molecule has 0 aliphatic carbocycles. The summed E-state index contributed by atoms with van der Waals surface area (Å²) in [4.78, 5) is 19.7. The topological polar surface area (TPSA) is 115 Å². The Balaban J connectivity index is 2.29. The van der Waals surface area contributed by atoms with Crippen molar-refractivity contribution in [2.24, 2.45) is 0 Å². The van der Waals surface area contributed by atoms with Crippen LogP contribution in [0.15, 0.2) is 11.4 Å². The van der Waals surface area contributed by atoms with E-state index in [0.717, 1.165) is 11.2 Å². The van der Waals surface area contributed by atoms with Crippen LogP contribution < -0.4 is 5.32 Å². The number of sulfone groups is 1. The summed E-state index contributed by atoms with van der Waals surface area (Å²) in [6.07, 6.45) is 1.09. The molecule has 0 aromatic carbocycles. The molecule has 0 saturated carbocycles. The monoisotopic (exact) mass is 375 g/mol. The van der Waals surface area contributed by atoms with Gasteiger partial charge in [-0.1, -0.05) is 43.7 Å². The molecule has 0 fully saturated rings. The molecule has 0 atom stereocenters. The standard InChI is InChI=1S/C12H14ClN5O3S2/c1-4-23(20,21)12-14-5-7(13)8(15-12)9(19)16-11-18-17-10(22-11)6(2)3/h5-6H,4H2,1-3H3,(H,16,18,19). The van der Waals surface area contributed by atoms with Crippen molar-refractivity contribution in [1.29, 1.82) is 0 Å². The number of carbonyl (C=O) groups is 1. The van der Waals surface area contributed by atoms with E-state index in [0.29, 0.717) is 0 Å². The summed E-state index contributed by atoms with van der Waals surface area (Å²) in [5, 5.41) is 10.9. The normalized spacial score (nSPS) is 11.7. The SMILES string of the molecule is CCS(=O)(=O)c1ncc(Cl)c(C(=O)Nc2nnc(C(C)C)s2)n1. The van der Waals surface area contributed by atoms with E-state index < -0.39 is 20.9 Å². The van der Waals surface area contributed by atoms with E-state index in [9.17, 15) is 13.2 Å². The number of rotatable bonds is 5. The summed E-state index contributed by atoms with van der Waals surface area (Å²) < 4.78 is 23.6. The van der Waals surface area contributed by atoms with Crippen LogP contribution in [0.2, 0.25) is 5.02 Å². The van der Waals surface area contributed by atoms with Gasteiger partial charge in [0.2, 0.25) is 20.1 Å². The second-order valence-electron chi connectivity index (χ2n) is 4.81. The van der Waals surface area contributed by atoms with Crippen molar-refractivity contribution in [3.05, 3.63) is 21.9 Å². The predicted octanol–water partition coefficient (Wildman–Crippen LogP) is 2.15. The highest BCUT2D eigenvalue weighted by atomic mass is 35.5. The first-order valence-electron chi connectivity index (χ1n) is 6.64. The van der Waals surface area contributed by atoms with Gasteiger partial charge in [0.1, 0.15) is 5.01 Å². The van der Waals surface area contributed by atoms with Gasteiger partial charge in [-0.3, -0.25) is 10.1 Å². The zero-order chi connectivity index (χ0) is 17.2. The van der Waals surface area contributed by atoms with Gasteiger partial charge >= 0.3 is 0 Å². The van der Waals surface area contributed by atoms with Crippen LogP contribution >= 0.6 is 22.9 Å². The number of aromatic nitrogens is 4. The van der Waals surface area contributed by atoms with Gasteiger partial charge < -0.3 is 0 Å². The maximum Gasteiger partial charge on any atom is 0.277 e. The van der Waals surface area contributed by atoms with Gasteiger partial charge in [0, 0.05) is 5.92 Å². The maximum absolute atomic E-state index is 12.2. The molecule has 0 unspecified atom stereocenters. The summed E-state index contributed by atoms with van der Waals surface area (Å²) in [7, 11) is -3.64. The number of nitrogens with zero attached hydrogens (tertiary/aromatic N) is 4. The highest BCUT2D eigenvalue weighted by Gasteiger charge is 2.22. The molecule has 11 heteroatoms.